The Bertz CT molecular complexity index is 112. The van der Waals surface area contributed by atoms with Crippen molar-refractivity contribution in [2.24, 2.45) is 0 Å². The summed E-state index contributed by atoms with van der Waals surface area (Å²) in [6.07, 6.45) is 0. The third kappa shape index (κ3) is 4.32. The first kappa shape index (κ1) is 9.43. The van der Waals surface area contributed by atoms with E-state index in [2.05, 4.69) is 0 Å². The van der Waals surface area contributed by atoms with Crippen LogP contribution in [0.2, 0.25) is 0 Å². The minimum atomic E-state index is -0.214. The molecule has 0 rings (SSSR count). The van der Waals surface area contributed by atoms with Gasteiger partial charge < -0.3 is 9.64 Å². The fourth-order valence-corrected chi connectivity index (χ4v) is 0.387. The number of ether oxygens (including phenoxy) is 1. The minimum absolute atomic E-state index is 0.214. The second kappa shape index (κ2) is 4.28. The van der Waals surface area contributed by atoms with Gasteiger partial charge in [0.2, 0.25) is 0 Å². The van der Waals surface area contributed by atoms with Crippen molar-refractivity contribution < 1.29 is 9.53 Å². The molecule has 0 saturated heterocycles. The van der Waals surface area contributed by atoms with Crippen molar-refractivity contribution in [3.8, 4) is 0 Å². The number of rotatable bonds is 3. The van der Waals surface area contributed by atoms with E-state index in [1.807, 2.05) is 25.9 Å². The van der Waals surface area contributed by atoms with E-state index in [1.54, 1.807) is 0 Å². The van der Waals surface area contributed by atoms with Gasteiger partial charge in [-0.3, -0.25) is 4.79 Å². The molecule has 0 aromatic rings. The summed E-state index contributed by atoms with van der Waals surface area (Å²) in [7, 11) is 3.91. The Hall–Kier alpha value is -0.570. The van der Waals surface area contributed by atoms with Gasteiger partial charge in [0.05, 0.1) is 0 Å². The van der Waals surface area contributed by atoms with E-state index < -0.39 is 0 Å². The van der Waals surface area contributed by atoms with Crippen molar-refractivity contribution in [2.45, 2.75) is 19.9 Å². The summed E-state index contributed by atoms with van der Waals surface area (Å²) < 4.78 is 4.78. The first-order valence-electron chi connectivity index (χ1n) is 3.34. The summed E-state index contributed by atoms with van der Waals surface area (Å²) in [5, 5.41) is 0. The van der Waals surface area contributed by atoms with Crippen molar-refractivity contribution in [1.82, 2.24) is 4.90 Å². The molecule has 0 aliphatic rings. The van der Waals surface area contributed by atoms with Crippen molar-refractivity contribution >= 4 is 5.97 Å². The Balaban J connectivity index is 3.39. The molecule has 60 valence electrons. The predicted octanol–water partition coefficient (Wildman–Crippen LogP) is 0.500. The van der Waals surface area contributed by atoms with Crippen LogP contribution in [0.15, 0.2) is 0 Å². The lowest BCUT2D eigenvalue weighted by Crippen LogP contribution is -2.29. The molecule has 0 aromatic heterocycles. The predicted molar refractivity (Wildman–Crippen MR) is 39.8 cm³/mol. The Kier molecular flexibility index (Phi) is 4.03. The van der Waals surface area contributed by atoms with E-state index in [9.17, 15) is 4.79 Å². The largest absolute Gasteiger partial charge is 0.464 e. The summed E-state index contributed by atoms with van der Waals surface area (Å²) in [6, 6.07) is 0.295. The number of carbonyl (C=O) groups excluding carboxylic acids is 1. The maximum atomic E-state index is 10.3. The molecule has 0 unspecified atom stereocenters. The van der Waals surface area contributed by atoms with Crippen LogP contribution in [0.5, 0.6) is 0 Å². The zero-order valence-electron chi connectivity index (χ0n) is 7.05. The molecular formula is C7H15NO2. The number of esters is 1. The molecule has 10 heavy (non-hydrogen) atoms. The van der Waals surface area contributed by atoms with Crippen LogP contribution in [0.25, 0.3) is 0 Å². The van der Waals surface area contributed by atoms with Crippen molar-refractivity contribution in [3.63, 3.8) is 0 Å². The Morgan fingerprint density at radius 3 is 2.40 bits per heavy atom. The zero-order valence-corrected chi connectivity index (χ0v) is 7.05. The standard InChI is InChI=1S/C7H15NO2/c1-6(8(3)4)5-10-7(2)9/h6H,5H2,1-4H3/t6-/m0/s1. The van der Waals surface area contributed by atoms with Gasteiger partial charge >= 0.3 is 5.97 Å². The molecule has 3 heteroatoms. The summed E-state index contributed by atoms with van der Waals surface area (Å²) in [5.74, 6) is -0.214. The maximum absolute atomic E-state index is 10.3. The van der Waals surface area contributed by atoms with Gasteiger partial charge in [0.1, 0.15) is 6.61 Å². The van der Waals surface area contributed by atoms with Crippen molar-refractivity contribution in [1.29, 1.82) is 0 Å². The van der Waals surface area contributed by atoms with E-state index in [1.165, 1.54) is 6.92 Å². The molecule has 0 saturated carbocycles. The normalized spacial score (nSPS) is 13.3. The second-order valence-electron chi connectivity index (χ2n) is 2.62. The topological polar surface area (TPSA) is 29.5 Å². The highest BCUT2D eigenvalue weighted by molar-refractivity contribution is 5.65. The first-order chi connectivity index (χ1) is 4.54. The van der Waals surface area contributed by atoms with Gasteiger partial charge in [-0.2, -0.15) is 0 Å². The summed E-state index contributed by atoms with van der Waals surface area (Å²) >= 11 is 0. The molecule has 0 radical (unpaired) electrons. The molecule has 0 aliphatic heterocycles. The summed E-state index contributed by atoms with van der Waals surface area (Å²) in [6.45, 7) is 3.90. The number of hydrogen-bond acceptors (Lipinski definition) is 3. The van der Waals surface area contributed by atoms with E-state index in [0.717, 1.165) is 0 Å². The van der Waals surface area contributed by atoms with Gasteiger partial charge in [0.15, 0.2) is 0 Å². The molecule has 0 fully saturated rings. The smallest absolute Gasteiger partial charge is 0.302 e. The van der Waals surface area contributed by atoms with Crippen LogP contribution in [0, 0.1) is 0 Å². The highest BCUT2D eigenvalue weighted by atomic mass is 16.5. The highest BCUT2D eigenvalue weighted by Crippen LogP contribution is 1.91. The van der Waals surface area contributed by atoms with Crippen LogP contribution < -0.4 is 0 Å². The zero-order chi connectivity index (χ0) is 8.15. The van der Waals surface area contributed by atoms with Gasteiger partial charge in [-0.25, -0.2) is 0 Å². The molecular weight excluding hydrogens is 130 g/mol. The van der Waals surface area contributed by atoms with Crippen molar-refractivity contribution in [3.05, 3.63) is 0 Å². The Labute approximate surface area is 62.0 Å². The van der Waals surface area contributed by atoms with E-state index in [0.29, 0.717) is 12.6 Å². The maximum Gasteiger partial charge on any atom is 0.302 e. The molecule has 0 amide bonds. The monoisotopic (exact) mass is 145 g/mol. The fraction of sp³-hybridized carbons (Fsp3) is 0.857. The number of likely N-dealkylation sites (N-methyl/N-ethyl adjacent to an activating group) is 1. The number of carbonyl (C=O) groups is 1. The van der Waals surface area contributed by atoms with Crippen LogP contribution in [0.1, 0.15) is 13.8 Å². The summed E-state index contributed by atoms with van der Waals surface area (Å²) in [5.41, 5.74) is 0. The third-order valence-corrected chi connectivity index (χ3v) is 1.41. The quantitative estimate of drug-likeness (QED) is 0.542. The molecule has 1 atom stereocenters. The van der Waals surface area contributed by atoms with Gasteiger partial charge in [-0.15, -0.1) is 0 Å². The van der Waals surface area contributed by atoms with Crippen LogP contribution >= 0.6 is 0 Å². The third-order valence-electron chi connectivity index (χ3n) is 1.41. The minimum Gasteiger partial charge on any atom is -0.464 e. The molecule has 3 nitrogen and oxygen atoms in total. The van der Waals surface area contributed by atoms with Crippen LogP contribution in [0.3, 0.4) is 0 Å². The van der Waals surface area contributed by atoms with Gasteiger partial charge in [0, 0.05) is 13.0 Å². The SMILES string of the molecule is CC(=O)OC[C@H](C)N(C)C. The first-order valence-corrected chi connectivity index (χ1v) is 3.34. The number of hydrogen-bond donors (Lipinski definition) is 0. The van der Waals surface area contributed by atoms with E-state index in [4.69, 9.17) is 4.74 Å². The lowest BCUT2D eigenvalue weighted by molar-refractivity contribution is -0.142. The Morgan fingerprint density at radius 1 is 1.60 bits per heavy atom. The van der Waals surface area contributed by atoms with Crippen LogP contribution in [-0.2, 0) is 9.53 Å². The Morgan fingerprint density at radius 2 is 2.10 bits per heavy atom. The highest BCUT2D eigenvalue weighted by Gasteiger charge is 2.04. The molecule has 0 bridgehead atoms. The molecule has 0 aromatic carbocycles. The van der Waals surface area contributed by atoms with Gasteiger partial charge in [-0.1, -0.05) is 0 Å². The number of nitrogens with zero attached hydrogens (tertiary/aromatic N) is 1. The lowest BCUT2D eigenvalue weighted by atomic mass is 10.3. The fourth-order valence-electron chi connectivity index (χ4n) is 0.387. The van der Waals surface area contributed by atoms with E-state index in [-0.39, 0.29) is 5.97 Å². The van der Waals surface area contributed by atoms with Crippen molar-refractivity contribution in [2.75, 3.05) is 20.7 Å². The van der Waals surface area contributed by atoms with E-state index >= 15 is 0 Å². The van der Waals surface area contributed by atoms with Crippen LogP contribution in [0.4, 0.5) is 0 Å². The molecule has 0 N–H and O–H groups in total. The molecule has 0 heterocycles. The average Bonchev–Trinajstić information content (AvgIpc) is 1.82. The van der Waals surface area contributed by atoms with Crippen LogP contribution in [-0.4, -0.2) is 37.6 Å². The average molecular weight is 145 g/mol. The summed E-state index contributed by atoms with van der Waals surface area (Å²) in [4.78, 5) is 12.3. The second-order valence-corrected chi connectivity index (χ2v) is 2.62. The van der Waals surface area contributed by atoms with Gasteiger partial charge in [0.25, 0.3) is 0 Å². The van der Waals surface area contributed by atoms with Gasteiger partial charge in [-0.05, 0) is 21.0 Å². The molecule has 0 aliphatic carbocycles. The molecule has 0 spiro atoms. The lowest BCUT2D eigenvalue weighted by Gasteiger charge is -2.18.